The second-order valence-electron chi connectivity index (χ2n) is 8.14. The van der Waals surface area contributed by atoms with Crippen molar-refractivity contribution in [3.63, 3.8) is 0 Å². The molecule has 3 N–H and O–H groups in total. The number of hydrogen-bond acceptors (Lipinski definition) is 5. The molecule has 1 aromatic heterocycles. The summed E-state index contributed by atoms with van der Waals surface area (Å²) in [6.45, 7) is 0.772. The van der Waals surface area contributed by atoms with E-state index in [4.69, 9.17) is 10.1 Å². The zero-order valence-electron chi connectivity index (χ0n) is 17.0. The molecule has 30 heavy (non-hydrogen) atoms. The number of nitrogens with one attached hydrogen (secondary N) is 3. The predicted molar refractivity (Wildman–Crippen MR) is 132 cm³/mol. The zero-order chi connectivity index (χ0) is 20.9. The van der Waals surface area contributed by atoms with Crippen molar-refractivity contribution < 1.29 is 9.53 Å². The molecule has 0 bridgehead atoms. The van der Waals surface area contributed by atoms with E-state index in [-0.39, 0.29) is 18.1 Å². The number of halogens is 1. The Morgan fingerprint density at radius 1 is 1.17 bits per heavy atom. The highest BCUT2D eigenvalue weighted by molar-refractivity contribution is 14.1. The van der Waals surface area contributed by atoms with E-state index in [0.717, 1.165) is 61.2 Å². The molecule has 1 saturated carbocycles. The molecular formula is C23H28IN3O2S. The molecule has 2 aromatic rings. The van der Waals surface area contributed by atoms with Gasteiger partial charge in [0.2, 0.25) is 5.91 Å². The highest BCUT2D eigenvalue weighted by atomic mass is 127. The fourth-order valence-electron chi connectivity index (χ4n) is 4.56. The Kier molecular flexibility index (Phi) is 7.43. The van der Waals surface area contributed by atoms with Gasteiger partial charge in [-0.05, 0) is 101 Å². The predicted octanol–water partition coefficient (Wildman–Crippen LogP) is 6.36. The van der Waals surface area contributed by atoms with Crippen molar-refractivity contribution in [2.75, 3.05) is 17.2 Å². The van der Waals surface area contributed by atoms with Gasteiger partial charge in [0.15, 0.2) is 0 Å². The Morgan fingerprint density at radius 3 is 2.63 bits per heavy atom. The number of thiophene rings is 1. The fourth-order valence-corrected chi connectivity index (χ4v) is 5.70. The van der Waals surface area contributed by atoms with Gasteiger partial charge in [-0.15, -0.1) is 0 Å². The smallest absolute Gasteiger partial charge is 0.232 e. The molecule has 5 nitrogen and oxygen atoms in total. The minimum Gasteiger partial charge on any atom is -0.360 e. The Bertz CT molecular complexity index is 875. The number of anilines is 2. The minimum absolute atomic E-state index is 0.0148. The Labute approximate surface area is 195 Å². The summed E-state index contributed by atoms with van der Waals surface area (Å²) in [6.07, 6.45) is 7.84. The molecule has 160 valence electrons. The third kappa shape index (κ3) is 5.23. The van der Waals surface area contributed by atoms with E-state index in [1.54, 1.807) is 11.3 Å². The van der Waals surface area contributed by atoms with Crippen molar-refractivity contribution in [3.8, 4) is 0 Å². The number of ether oxygens (including phenoxy) is 1. The Morgan fingerprint density at radius 2 is 1.97 bits per heavy atom. The molecule has 1 aromatic carbocycles. The van der Waals surface area contributed by atoms with Crippen LogP contribution in [0.2, 0.25) is 0 Å². The summed E-state index contributed by atoms with van der Waals surface area (Å²) < 4.78 is 6.23. The van der Waals surface area contributed by atoms with E-state index in [1.165, 1.54) is 12.8 Å². The summed E-state index contributed by atoms with van der Waals surface area (Å²) >= 11 is 3.67. The second-order valence-corrected chi connectivity index (χ2v) is 10.0. The lowest BCUT2D eigenvalue weighted by Crippen LogP contribution is -2.28. The number of hydrogen-bond donors (Lipinski definition) is 3. The number of rotatable bonds is 7. The third-order valence-corrected chi connectivity index (χ3v) is 7.36. The van der Waals surface area contributed by atoms with E-state index in [9.17, 15) is 4.79 Å². The molecule has 1 amide bonds. The molecule has 2 fully saturated rings. The third-order valence-electron chi connectivity index (χ3n) is 6.08. The molecule has 2 atom stereocenters. The van der Waals surface area contributed by atoms with Gasteiger partial charge in [-0.2, -0.15) is 11.3 Å². The summed E-state index contributed by atoms with van der Waals surface area (Å²) in [5.41, 5.74) is 3.53. The van der Waals surface area contributed by atoms with Crippen LogP contribution >= 0.6 is 33.9 Å². The van der Waals surface area contributed by atoms with Crippen LogP contribution in [0.3, 0.4) is 0 Å². The number of amides is 1. The molecule has 0 spiro atoms. The molecule has 4 rings (SSSR count). The van der Waals surface area contributed by atoms with E-state index in [1.807, 2.05) is 46.2 Å². The van der Waals surface area contributed by atoms with Crippen molar-refractivity contribution in [1.29, 1.82) is 5.41 Å². The molecule has 1 saturated heterocycles. The van der Waals surface area contributed by atoms with Crippen LogP contribution in [0, 0.1) is 11.3 Å². The average Bonchev–Trinajstić information content (AvgIpc) is 3.45. The maximum atomic E-state index is 13.3. The van der Waals surface area contributed by atoms with Crippen LogP contribution < -0.4 is 10.6 Å². The van der Waals surface area contributed by atoms with E-state index < -0.39 is 0 Å². The first-order valence-corrected chi connectivity index (χ1v) is 12.7. The van der Waals surface area contributed by atoms with Crippen molar-refractivity contribution >= 4 is 54.9 Å². The summed E-state index contributed by atoms with van der Waals surface area (Å²) in [7, 11) is 0. The SMILES string of the molecule is N=C(I)c1cc(NC(=O)C(c2ccsc2)C2CCCC2)ccc1NC1CCCCO1. The van der Waals surface area contributed by atoms with E-state index in [2.05, 4.69) is 22.1 Å². The van der Waals surface area contributed by atoms with Gasteiger partial charge < -0.3 is 15.4 Å². The van der Waals surface area contributed by atoms with E-state index >= 15 is 0 Å². The summed E-state index contributed by atoms with van der Waals surface area (Å²) in [4.78, 5) is 13.3. The van der Waals surface area contributed by atoms with Crippen molar-refractivity contribution in [2.45, 2.75) is 57.1 Å². The van der Waals surface area contributed by atoms with E-state index in [0.29, 0.717) is 9.64 Å². The largest absolute Gasteiger partial charge is 0.360 e. The molecule has 2 aliphatic rings. The maximum Gasteiger partial charge on any atom is 0.232 e. The minimum atomic E-state index is -0.102. The van der Waals surface area contributed by atoms with Gasteiger partial charge >= 0.3 is 0 Å². The molecule has 1 aliphatic carbocycles. The molecule has 2 unspecified atom stereocenters. The topological polar surface area (TPSA) is 74.2 Å². The first kappa shape index (κ1) is 21.8. The fraction of sp³-hybridized carbons (Fsp3) is 0.478. The summed E-state index contributed by atoms with van der Waals surface area (Å²) in [5.74, 6) is 0.364. The lowest BCUT2D eigenvalue weighted by molar-refractivity contribution is -0.118. The van der Waals surface area contributed by atoms with Gasteiger partial charge in [0.1, 0.15) is 9.95 Å². The molecule has 7 heteroatoms. The first-order chi connectivity index (χ1) is 14.6. The maximum absolute atomic E-state index is 13.3. The molecular weight excluding hydrogens is 509 g/mol. The van der Waals surface area contributed by atoms with Gasteiger partial charge in [-0.25, -0.2) is 0 Å². The van der Waals surface area contributed by atoms with Gasteiger partial charge in [0, 0.05) is 23.5 Å². The van der Waals surface area contributed by atoms with Crippen LogP contribution in [0.4, 0.5) is 11.4 Å². The van der Waals surface area contributed by atoms with Crippen LogP contribution in [0.25, 0.3) is 0 Å². The van der Waals surface area contributed by atoms with Crippen molar-refractivity contribution in [1.82, 2.24) is 0 Å². The van der Waals surface area contributed by atoms with Crippen LogP contribution in [0.1, 0.15) is 62.0 Å². The van der Waals surface area contributed by atoms with Gasteiger partial charge in [-0.1, -0.05) is 12.8 Å². The van der Waals surface area contributed by atoms with Crippen LogP contribution in [-0.4, -0.2) is 22.5 Å². The molecule has 1 aliphatic heterocycles. The molecule has 0 radical (unpaired) electrons. The molecule has 2 heterocycles. The summed E-state index contributed by atoms with van der Waals surface area (Å²) in [5, 5.41) is 18.9. The van der Waals surface area contributed by atoms with Crippen LogP contribution in [0.5, 0.6) is 0 Å². The quantitative estimate of drug-likeness (QED) is 0.284. The number of benzene rings is 1. The second kappa shape index (κ2) is 10.2. The number of carbonyl (C=O) groups is 1. The monoisotopic (exact) mass is 537 g/mol. The van der Waals surface area contributed by atoms with Crippen molar-refractivity contribution in [3.05, 3.63) is 46.2 Å². The summed E-state index contributed by atoms with van der Waals surface area (Å²) in [6, 6.07) is 7.85. The van der Waals surface area contributed by atoms with Crippen LogP contribution in [-0.2, 0) is 9.53 Å². The standard InChI is InChI=1S/C23H28IN3O2S/c24-22(25)18-13-17(8-9-19(18)27-20-7-3-4-11-29-20)26-23(28)21(15-5-1-2-6-15)16-10-12-30-14-16/h8-10,12-15,20-21,25,27H,1-7,11H2,(H,26,28). The van der Waals surface area contributed by atoms with Gasteiger partial charge in [-0.3, -0.25) is 10.2 Å². The Hall–Kier alpha value is -1.45. The Balaban J connectivity index is 1.52. The highest BCUT2D eigenvalue weighted by Crippen LogP contribution is 2.39. The van der Waals surface area contributed by atoms with Gasteiger partial charge in [0.05, 0.1) is 5.92 Å². The first-order valence-electron chi connectivity index (χ1n) is 10.7. The number of carbonyl (C=O) groups excluding carboxylic acids is 1. The van der Waals surface area contributed by atoms with Crippen molar-refractivity contribution in [2.24, 2.45) is 5.92 Å². The average molecular weight is 537 g/mol. The highest BCUT2D eigenvalue weighted by Gasteiger charge is 2.32. The van der Waals surface area contributed by atoms with Crippen LogP contribution in [0.15, 0.2) is 35.0 Å². The van der Waals surface area contributed by atoms with Gasteiger partial charge in [0.25, 0.3) is 0 Å². The zero-order valence-corrected chi connectivity index (χ0v) is 19.9. The lowest BCUT2D eigenvalue weighted by atomic mass is 9.85. The lowest BCUT2D eigenvalue weighted by Gasteiger charge is -2.26. The normalized spacial score (nSPS) is 20.6.